The van der Waals surface area contributed by atoms with E-state index in [1.54, 1.807) is 36.7 Å². The summed E-state index contributed by atoms with van der Waals surface area (Å²) in [6, 6.07) is 10.8. The molecule has 9 heteroatoms. The van der Waals surface area contributed by atoms with E-state index < -0.39 is 5.97 Å². The molecule has 0 saturated carbocycles. The fourth-order valence-electron chi connectivity index (χ4n) is 2.89. The number of esters is 1. The Morgan fingerprint density at radius 1 is 1.19 bits per heavy atom. The van der Waals surface area contributed by atoms with Gasteiger partial charge in [-0.25, -0.2) is 9.78 Å². The number of ether oxygens (including phenoxy) is 3. The number of thiophene rings is 1. The van der Waals surface area contributed by atoms with Crippen molar-refractivity contribution < 1.29 is 23.8 Å². The lowest BCUT2D eigenvalue weighted by molar-refractivity contribution is -0.133. The van der Waals surface area contributed by atoms with Gasteiger partial charge >= 0.3 is 5.97 Å². The molecule has 1 aliphatic heterocycles. The number of nitrogens with zero attached hydrogens (tertiary/aromatic N) is 2. The second kappa shape index (κ2) is 9.84. The summed E-state index contributed by atoms with van der Waals surface area (Å²) in [6.07, 6.45) is 1.61. The van der Waals surface area contributed by atoms with E-state index in [-0.39, 0.29) is 12.5 Å². The predicted octanol–water partition coefficient (Wildman–Crippen LogP) is 3.88. The van der Waals surface area contributed by atoms with Crippen molar-refractivity contribution in [2.45, 2.75) is 16.5 Å². The molecule has 160 valence electrons. The summed E-state index contributed by atoms with van der Waals surface area (Å²) >= 11 is 2.89. The predicted molar refractivity (Wildman–Crippen MR) is 117 cm³/mol. The first-order chi connectivity index (χ1) is 15.1. The van der Waals surface area contributed by atoms with E-state index in [0.717, 1.165) is 10.5 Å². The maximum absolute atomic E-state index is 12.6. The Kier molecular flexibility index (Phi) is 6.73. The van der Waals surface area contributed by atoms with Crippen molar-refractivity contribution >= 4 is 35.0 Å². The number of hydrogen-bond acceptors (Lipinski definition) is 8. The third-order valence-corrected chi connectivity index (χ3v) is 6.21. The van der Waals surface area contributed by atoms with Gasteiger partial charge in [0.15, 0.2) is 18.1 Å². The minimum absolute atomic E-state index is 0.274. The quantitative estimate of drug-likeness (QED) is 0.499. The molecule has 4 rings (SSSR count). The van der Waals surface area contributed by atoms with Crippen LogP contribution < -0.4 is 9.47 Å². The second-order valence-electron chi connectivity index (χ2n) is 6.72. The summed E-state index contributed by atoms with van der Waals surface area (Å²) in [5, 5.41) is 4.42. The summed E-state index contributed by atoms with van der Waals surface area (Å²) in [6.45, 7) is 1.16. The zero-order valence-corrected chi connectivity index (χ0v) is 18.4. The van der Waals surface area contributed by atoms with Crippen LogP contribution in [0.4, 0.5) is 0 Å². The van der Waals surface area contributed by atoms with Crippen LogP contribution in [0.25, 0.3) is 0 Å². The van der Waals surface area contributed by atoms with Crippen LogP contribution in [0.15, 0.2) is 63.3 Å². The lowest BCUT2D eigenvalue weighted by Crippen LogP contribution is -2.30. The van der Waals surface area contributed by atoms with Gasteiger partial charge in [0.05, 0.1) is 5.56 Å². The highest BCUT2D eigenvalue weighted by Gasteiger charge is 2.19. The average molecular weight is 457 g/mol. The number of amides is 1. The van der Waals surface area contributed by atoms with Gasteiger partial charge in [0.1, 0.15) is 18.2 Å². The Morgan fingerprint density at radius 2 is 2.03 bits per heavy atom. The maximum Gasteiger partial charge on any atom is 0.341 e. The molecule has 3 aromatic rings. The van der Waals surface area contributed by atoms with Gasteiger partial charge in [0.2, 0.25) is 0 Å². The standard InChI is InChI=1S/C22H20N2O5S2/c1-24(12-15-6-10-30-14-15)20(25)13-29-22(26)17-3-2-7-23-21(17)31-16-4-5-18-19(11-16)28-9-8-27-18/h2-7,10-11,14H,8-9,12-13H2,1H3. The molecule has 0 radical (unpaired) electrons. The molecule has 0 saturated heterocycles. The number of fused-ring (bicyclic) bond motifs is 1. The van der Waals surface area contributed by atoms with Crippen molar-refractivity contribution in [1.29, 1.82) is 0 Å². The van der Waals surface area contributed by atoms with Gasteiger partial charge in [-0.3, -0.25) is 4.79 Å². The van der Waals surface area contributed by atoms with Gasteiger partial charge < -0.3 is 19.1 Å². The molecule has 0 bridgehead atoms. The number of carbonyl (C=O) groups excluding carboxylic acids is 2. The van der Waals surface area contributed by atoms with E-state index in [1.807, 2.05) is 35.0 Å². The van der Waals surface area contributed by atoms with Crippen LogP contribution in [0.5, 0.6) is 11.5 Å². The van der Waals surface area contributed by atoms with Gasteiger partial charge in [0.25, 0.3) is 5.91 Å². The lowest BCUT2D eigenvalue weighted by Gasteiger charge is -2.18. The molecule has 0 unspecified atom stereocenters. The van der Waals surface area contributed by atoms with Crippen LogP contribution in [0, 0.1) is 0 Å². The van der Waals surface area contributed by atoms with Gasteiger partial charge in [-0.05, 0) is 52.7 Å². The second-order valence-corrected chi connectivity index (χ2v) is 8.56. The molecule has 1 aromatic carbocycles. The SMILES string of the molecule is CN(Cc1ccsc1)C(=O)COC(=O)c1cccnc1Sc1ccc2c(c1)OCCO2. The maximum atomic E-state index is 12.6. The Bertz CT molecular complexity index is 1070. The third kappa shape index (κ3) is 5.36. The fourth-order valence-corrected chi connectivity index (χ4v) is 4.45. The molecule has 0 spiro atoms. The molecule has 1 aliphatic rings. The van der Waals surface area contributed by atoms with Gasteiger partial charge in [-0.15, -0.1) is 0 Å². The normalized spacial score (nSPS) is 12.3. The van der Waals surface area contributed by atoms with E-state index >= 15 is 0 Å². The number of aromatic nitrogens is 1. The van der Waals surface area contributed by atoms with E-state index in [9.17, 15) is 9.59 Å². The molecule has 0 atom stereocenters. The van der Waals surface area contributed by atoms with E-state index in [4.69, 9.17) is 14.2 Å². The number of carbonyl (C=O) groups is 2. The summed E-state index contributed by atoms with van der Waals surface area (Å²) in [5.41, 5.74) is 1.34. The Morgan fingerprint density at radius 3 is 2.84 bits per heavy atom. The van der Waals surface area contributed by atoms with Crippen molar-refractivity contribution in [2.75, 3.05) is 26.9 Å². The first-order valence-electron chi connectivity index (χ1n) is 9.55. The van der Waals surface area contributed by atoms with Crippen LogP contribution in [-0.4, -0.2) is 48.6 Å². The smallest absolute Gasteiger partial charge is 0.341 e. The van der Waals surface area contributed by atoms with Crippen molar-refractivity contribution in [3.8, 4) is 11.5 Å². The first kappa shape index (κ1) is 21.2. The highest BCUT2D eigenvalue weighted by atomic mass is 32.2. The highest BCUT2D eigenvalue weighted by molar-refractivity contribution is 7.99. The van der Waals surface area contributed by atoms with Crippen molar-refractivity contribution in [2.24, 2.45) is 0 Å². The van der Waals surface area contributed by atoms with E-state index in [1.165, 1.54) is 16.7 Å². The highest BCUT2D eigenvalue weighted by Crippen LogP contribution is 2.37. The fraction of sp³-hybridized carbons (Fsp3) is 0.227. The molecule has 0 aliphatic carbocycles. The van der Waals surface area contributed by atoms with E-state index in [2.05, 4.69) is 4.98 Å². The molecule has 31 heavy (non-hydrogen) atoms. The molecule has 1 amide bonds. The largest absolute Gasteiger partial charge is 0.486 e. The van der Waals surface area contributed by atoms with Crippen molar-refractivity contribution in [1.82, 2.24) is 9.88 Å². The van der Waals surface area contributed by atoms with Crippen LogP contribution in [0.1, 0.15) is 15.9 Å². The summed E-state index contributed by atoms with van der Waals surface area (Å²) in [4.78, 5) is 31.7. The average Bonchev–Trinajstić information content (AvgIpc) is 3.30. The summed E-state index contributed by atoms with van der Waals surface area (Å²) < 4.78 is 16.4. The van der Waals surface area contributed by atoms with Crippen LogP contribution in [-0.2, 0) is 16.1 Å². The number of rotatable bonds is 7. The third-order valence-electron chi connectivity index (χ3n) is 4.47. The molecule has 7 nitrogen and oxygen atoms in total. The summed E-state index contributed by atoms with van der Waals surface area (Å²) in [7, 11) is 1.68. The van der Waals surface area contributed by atoms with Crippen molar-refractivity contribution in [3.05, 3.63) is 64.5 Å². The Balaban J connectivity index is 1.39. The van der Waals surface area contributed by atoms with Gasteiger partial charge in [-0.1, -0.05) is 11.8 Å². The number of hydrogen-bond donors (Lipinski definition) is 0. The lowest BCUT2D eigenvalue weighted by atomic mass is 10.3. The summed E-state index contributed by atoms with van der Waals surface area (Å²) in [5.74, 6) is 0.492. The van der Waals surface area contributed by atoms with Crippen LogP contribution in [0.2, 0.25) is 0 Å². The van der Waals surface area contributed by atoms with Crippen LogP contribution >= 0.6 is 23.1 Å². The Labute approximate surface area is 188 Å². The zero-order valence-electron chi connectivity index (χ0n) is 16.8. The van der Waals surface area contributed by atoms with Gasteiger partial charge in [-0.2, -0.15) is 11.3 Å². The Hall–Kier alpha value is -3.04. The topological polar surface area (TPSA) is 78.0 Å². The molecule has 0 N–H and O–H groups in total. The molecule has 0 fully saturated rings. The van der Waals surface area contributed by atoms with Gasteiger partial charge in [0, 0.05) is 24.7 Å². The molecule has 3 heterocycles. The number of likely N-dealkylation sites (N-methyl/N-ethyl adjacent to an activating group) is 1. The van der Waals surface area contributed by atoms with Crippen molar-refractivity contribution in [3.63, 3.8) is 0 Å². The van der Waals surface area contributed by atoms with Crippen LogP contribution in [0.3, 0.4) is 0 Å². The molecular formula is C22H20N2O5S2. The zero-order chi connectivity index (χ0) is 21.6. The minimum Gasteiger partial charge on any atom is -0.486 e. The molecular weight excluding hydrogens is 436 g/mol. The minimum atomic E-state index is -0.592. The number of benzene rings is 1. The first-order valence-corrected chi connectivity index (χ1v) is 11.3. The number of pyridine rings is 1. The molecule has 2 aromatic heterocycles. The van der Waals surface area contributed by atoms with E-state index in [0.29, 0.717) is 41.8 Å². The monoisotopic (exact) mass is 456 g/mol.